The lowest BCUT2D eigenvalue weighted by Crippen LogP contribution is -2.17. The van der Waals surface area contributed by atoms with Crippen LogP contribution in [0.4, 0.5) is 0 Å². The van der Waals surface area contributed by atoms with Gasteiger partial charge in [0.1, 0.15) is 17.7 Å². The molecule has 0 spiro atoms. The van der Waals surface area contributed by atoms with Gasteiger partial charge in [0.25, 0.3) is 0 Å². The first kappa shape index (κ1) is 19.9. The number of aromatic nitrogens is 2. The van der Waals surface area contributed by atoms with E-state index >= 15 is 0 Å². The summed E-state index contributed by atoms with van der Waals surface area (Å²) in [6, 6.07) is 13.5. The number of ether oxygens (including phenoxy) is 1. The van der Waals surface area contributed by atoms with Gasteiger partial charge in [0.15, 0.2) is 5.78 Å². The van der Waals surface area contributed by atoms with E-state index in [-0.39, 0.29) is 18.3 Å². The molecule has 30 heavy (non-hydrogen) atoms. The third-order valence-corrected chi connectivity index (χ3v) is 5.48. The fraction of sp³-hybridized carbons (Fsp3) is 0.292. The van der Waals surface area contributed by atoms with Crippen LogP contribution >= 0.6 is 0 Å². The van der Waals surface area contributed by atoms with E-state index in [9.17, 15) is 14.7 Å². The molecule has 3 aromatic rings. The normalized spacial score (nSPS) is 14.2. The van der Waals surface area contributed by atoms with Crippen LogP contribution in [0.5, 0.6) is 5.75 Å². The average molecular weight is 404 g/mol. The second-order valence-electron chi connectivity index (χ2n) is 7.50. The van der Waals surface area contributed by atoms with Crippen LogP contribution in [0, 0.1) is 0 Å². The first-order chi connectivity index (χ1) is 14.6. The van der Waals surface area contributed by atoms with Crippen LogP contribution in [-0.4, -0.2) is 26.8 Å². The number of carbonyl (C=O) groups excluding carboxylic acids is 1. The Kier molecular flexibility index (Phi) is 5.93. The fourth-order valence-corrected chi connectivity index (χ4v) is 4.03. The lowest BCUT2D eigenvalue weighted by Gasteiger charge is -2.25. The van der Waals surface area contributed by atoms with E-state index in [0.29, 0.717) is 30.6 Å². The highest BCUT2D eigenvalue weighted by Crippen LogP contribution is 2.35. The molecule has 0 saturated carbocycles. The molecule has 2 N–H and O–H groups in total. The van der Waals surface area contributed by atoms with Gasteiger partial charge < -0.3 is 14.8 Å². The summed E-state index contributed by atoms with van der Waals surface area (Å²) >= 11 is 0. The van der Waals surface area contributed by atoms with Gasteiger partial charge in [-0.05, 0) is 48.1 Å². The third kappa shape index (κ3) is 4.43. The number of H-pyrrole nitrogens is 1. The van der Waals surface area contributed by atoms with Crippen LogP contribution in [0.15, 0.2) is 54.9 Å². The maximum Gasteiger partial charge on any atom is 0.303 e. The number of hydrogen-bond donors (Lipinski definition) is 2. The molecular weight excluding hydrogens is 380 g/mol. The molecule has 2 aromatic carbocycles. The molecule has 154 valence electrons. The van der Waals surface area contributed by atoms with E-state index in [1.165, 1.54) is 0 Å². The smallest absolute Gasteiger partial charge is 0.303 e. The molecule has 0 saturated heterocycles. The topological polar surface area (TPSA) is 92.3 Å². The van der Waals surface area contributed by atoms with Crippen molar-refractivity contribution in [2.45, 2.75) is 44.6 Å². The molecule has 1 aliphatic rings. The zero-order chi connectivity index (χ0) is 20.9. The van der Waals surface area contributed by atoms with Gasteiger partial charge in [-0.25, -0.2) is 4.98 Å². The van der Waals surface area contributed by atoms with Crippen LogP contribution in [-0.2, 0) is 24.1 Å². The van der Waals surface area contributed by atoms with E-state index in [4.69, 9.17) is 4.74 Å². The van der Waals surface area contributed by atoms with E-state index < -0.39 is 5.97 Å². The summed E-state index contributed by atoms with van der Waals surface area (Å²) in [5.74, 6) is 0.708. The van der Waals surface area contributed by atoms with E-state index in [1.54, 1.807) is 12.4 Å². The largest absolute Gasteiger partial charge is 0.485 e. The van der Waals surface area contributed by atoms with Gasteiger partial charge in [0, 0.05) is 37.2 Å². The number of rotatable bonds is 8. The molecule has 6 heteroatoms. The van der Waals surface area contributed by atoms with Crippen LogP contribution in [0.3, 0.4) is 0 Å². The molecule has 4 rings (SSSR count). The summed E-state index contributed by atoms with van der Waals surface area (Å²) in [7, 11) is 0. The second kappa shape index (κ2) is 8.95. The standard InChI is InChI=1S/C24H24N2O4/c27-20-8-4-7-17-18(20)9-11-21(19(17)10-12-24(28)29)30-22(15-23-25-13-14-26-23)16-5-2-1-3-6-16/h1-3,5-6,9,11,13-14,22H,4,7-8,10,12,15H2,(H,25,26)(H,28,29)/t22-/m0/s1. The lowest BCUT2D eigenvalue weighted by molar-refractivity contribution is -0.136. The predicted octanol–water partition coefficient (Wildman–Crippen LogP) is 4.31. The number of nitrogens with one attached hydrogen (secondary N) is 1. The Labute approximate surface area is 174 Å². The zero-order valence-electron chi connectivity index (χ0n) is 16.6. The molecule has 0 bridgehead atoms. The van der Waals surface area contributed by atoms with Crippen molar-refractivity contribution in [3.8, 4) is 5.75 Å². The van der Waals surface area contributed by atoms with E-state index in [2.05, 4.69) is 9.97 Å². The van der Waals surface area contributed by atoms with Crippen LogP contribution < -0.4 is 4.74 Å². The van der Waals surface area contributed by atoms with Crippen molar-refractivity contribution in [1.29, 1.82) is 0 Å². The van der Waals surface area contributed by atoms with Crippen molar-refractivity contribution < 1.29 is 19.4 Å². The Morgan fingerprint density at radius 3 is 2.73 bits per heavy atom. The number of aliphatic carboxylic acids is 1. The molecule has 1 aliphatic carbocycles. The Bertz CT molecular complexity index is 1030. The summed E-state index contributed by atoms with van der Waals surface area (Å²) in [6.07, 6.45) is 6.16. The minimum absolute atomic E-state index is 0.00477. The second-order valence-corrected chi connectivity index (χ2v) is 7.50. The lowest BCUT2D eigenvalue weighted by atomic mass is 9.85. The van der Waals surface area contributed by atoms with Gasteiger partial charge >= 0.3 is 5.97 Å². The van der Waals surface area contributed by atoms with Gasteiger partial charge in [0.2, 0.25) is 0 Å². The van der Waals surface area contributed by atoms with Crippen molar-refractivity contribution in [2.24, 2.45) is 0 Å². The number of imidazole rings is 1. The molecule has 1 aromatic heterocycles. The maximum atomic E-state index is 12.4. The summed E-state index contributed by atoms with van der Waals surface area (Å²) in [6.45, 7) is 0. The van der Waals surface area contributed by atoms with E-state index in [0.717, 1.165) is 35.4 Å². The number of ketones is 1. The van der Waals surface area contributed by atoms with Crippen LogP contribution in [0.1, 0.15) is 58.2 Å². The molecule has 1 atom stereocenters. The Hall–Kier alpha value is -3.41. The molecule has 0 amide bonds. The predicted molar refractivity (Wildman–Crippen MR) is 112 cm³/mol. The Morgan fingerprint density at radius 2 is 2.00 bits per heavy atom. The molecule has 0 aliphatic heterocycles. The van der Waals surface area contributed by atoms with Gasteiger partial charge in [-0.3, -0.25) is 9.59 Å². The van der Waals surface area contributed by atoms with Gasteiger partial charge in [-0.2, -0.15) is 0 Å². The van der Waals surface area contributed by atoms with Gasteiger partial charge in [-0.15, -0.1) is 0 Å². The van der Waals surface area contributed by atoms with Gasteiger partial charge in [-0.1, -0.05) is 30.3 Å². The number of fused-ring (bicyclic) bond motifs is 1. The number of carbonyl (C=O) groups is 2. The highest BCUT2D eigenvalue weighted by molar-refractivity contribution is 5.99. The van der Waals surface area contributed by atoms with Gasteiger partial charge in [0.05, 0.1) is 0 Å². The minimum atomic E-state index is -0.865. The average Bonchev–Trinajstić information content (AvgIpc) is 3.26. The highest BCUT2D eigenvalue weighted by Gasteiger charge is 2.25. The summed E-state index contributed by atoms with van der Waals surface area (Å²) in [4.78, 5) is 31.1. The number of nitrogens with zero attached hydrogens (tertiary/aromatic N) is 1. The van der Waals surface area contributed by atoms with Crippen LogP contribution in [0.2, 0.25) is 0 Å². The number of Topliss-reactive ketones (excluding diaryl/α,β-unsaturated/α-hetero) is 1. The summed E-state index contributed by atoms with van der Waals surface area (Å²) < 4.78 is 6.47. The number of aromatic amines is 1. The van der Waals surface area contributed by atoms with Crippen LogP contribution in [0.25, 0.3) is 0 Å². The summed E-state index contributed by atoms with van der Waals surface area (Å²) in [5.41, 5.74) is 3.49. The molecule has 0 fully saturated rings. The number of benzene rings is 2. The van der Waals surface area contributed by atoms with Crippen molar-refractivity contribution in [3.05, 3.63) is 82.9 Å². The monoisotopic (exact) mass is 404 g/mol. The van der Waals surface area contributed by atoms with E-state index in [1.807, 2.05) is 42.5 Å². The Balaban J connectivity index is 1.71. The molecule has 6 nitrogen and oxygen atoms in total. The summed E-state index contributed by atoms with van der Waals surface area (Å²) in [5, 5.41) is 9.23. The van der Waals surface area contributed by atoms with Crippen molar-refractivity contribution >= 4 is 11.8 Å². The number of hydrogen-bond acceptors (Lipinski definition) is 4. The molecule has 1 heterocycles. The SMILES string of the molecule is O=C(O)CCc1c(O[C@@H](Cc2ncc[nH]2)c2ccccc2)ccc2c1CCCC2=O. The highest BCUT2D eigenvalue weighted by atomic mass is 16.5. The molecular formula is C24H24N2O4. The van der Waals surface area contributed by atoms with Crippen molar-refractivity contribution in [2.75, 3.05) is 0 Å². The quantitative estimate of drug-likeness (QED) is 0.584. The Morgan fingerprint density at radius 1 is 1.17 bits per heavy atom. The zero-order valence-corrected chi connectivity index (χ0v) is 16.6. The third-order valence-electron chi connectivity index (χ3n) is 5.48. The number of carboxylic acid groups (broad SMARTS) is 1. The van der Waals surface area contributed by atoms with Crippen molar-refractivity contribution in [3.63, 3.8) is 0 Å². The molecule has 0 unspecified atom stereocenters. The minimum Gasteiger partial charge on any atom is -0.485 e. The van der Waals surface area contributed by atoms with Crippen molar-refractivity contribution in [1.82, 2.24) is 9.97 Å². The number of carboxylic acids is 1. The first-order valence-corrected chi connectivity index (χ1v) is 10.2. The maximum absolute atomic E-state index is 12.4. The fourth-order valence-electron chi connectivity index (χ4n) is 4.03. The molecule has 0 radical (unpaired) electrons. The first-order valence-electron chi connectivity index (χ1n) is 10.2.